The second-order valence-corrected chi connectivity index (χ2v) is 7.73. The SMILES string of the molecule is C/C=C/c1ccc([C@H]2[C@@H](CO)N3C(=O)CN(C(=O)CC4CC4)C[C@@H]23)cc1. The number of nitrogens with zero attached hydrogens (tertiary/aromatic N) is 2. The van der Waals surface area contributed by atoms with Crippen LogP contribution in [-0.4, -0.2) is 58.5 Å². The number of fused-ring (bicyclic) bond motifs is 1. The molecule has 1 aromatic rings. The molecule has 138 valence electrons. The Balaban J connectivity index is 1.52. The first-order valence-electron chi connectivity index (χ1n) is 9.54. The fourth-order valence-corrected chi connectivity index (χ4v) is 4.41. The summed E-state index contributed by atoms with van der Waals surface area (Å²) in [4.78, 5) is 28.6. The second-order valence-electron chi connectivity index (χ2n) is 7.73. The molecule has 1 N–H and O–H groups in total. The van der Waals surface area contributed by atoms with Crippen LogP contribution in [0.4, 0.5) is 0 Å². The molecular formula is C21H26N2O3. The van der Waals surface area contributed by atoms with Gasteiger partial charge in [0.25, 0.3) is 0 Å². The fourth-order valence-electron chi connectivity index (χ4n) is 4.41. The number of amides is 2. The molecule has 0 radical (unpaired) electrons. The van der Waals surface area contributed by atoms with Gasteiger partial charge in [-0.25, -0.2) is 0 Å². The third-order valence-corrected chi connectivity index (χ3v) is 5.95. The zero-order valence-corrected chi connectivity index (χ0v) is 15.2. The summed E-state index contributed by atoms with van der Waals surface area (Å²) in [6, 6.07) is 8.08. The lowest BCUT2D eigenvalue weighted by molar-refractivity contribution is -0.167. The topological polar surface area (TPSA) is 60.9 Å². The van der Waals surface area contributed by atoms with Crippen molar-refractivity contribution in [1.82, 2.24) is 9.80 Å². The number of rotatable bonds is 5. The Labute approximate surface area is 154 Å². The summed E-state index contributed by atoms with van der Waals surface area (Å²) in [6.07, 6.45) is 6.89. The Bertz CT molecular complexity index is 723. The quantitative estimate of drug-likeness (QED) is 0.880. The molecule has 5 heteroatoms. The minimum Gasteiger partial charge on any atom is -0.394 e. The van der Waals surface area contributed by atoms with E-state index in [4.69, 9.17) is 0 Å². The Hall–Kier alpha value is -2.14. The minimum absolute atomic E-state index is 0.0240. The molecule has 2 amide bonds. The van der Waals surface area contributed by atoms with Crippen LogP contribution in [0, 0.1) is 5.92 Å². The van der Waals surface area contributed by atoms with E-state index < -0.39 is 0 Å². The Kier molecular flexibility index (Phi) is 4.57. The fraction of sp³-hybridized carbons (Fsp3) is 0.524. The number of allylic oxidation sites excluding steroid dienone is 1. The van der Waals surface area contributed by atoms with E-state index in [-0.39, 0.29) is 43.0 Å². The van der Waals surface area contributed by atoms with Crippen molar-refractivity contribution < 1.29 is 14.7 Å². The first kappa shape index (κ1) is 17.3. The monoisotopic (exact) mass is 354 g/mol. The number of piperazine rings is 1. The van der Waals surface area contributed by atoms with Gasteiger partial charge >= 0.3 is 0 Å². The van der Waals surface area contributed by atoms with E-state index in [0.29, 0.717) is 18.9 Å². The minimum atomic E-state index is -0.180. The van der Waals surface area contributed by atoms with E-state index in [9.17, 15) is 14.7 Å². The van der Waals surface area contributed by atoms with Crippen molar-refractivity contribution in [2.75, 3.05) is 19.7 Å². The lowest BCUT2D eigenvalue weighted by atomic mass is 9.73. The molecular weight excluding hydrogens is 328 g/mol. The lowest BCUT2D eigenvalue weighted by Gasteiger charge is -2.58. The van der Waals surface area contributed by atoms with Crippen molar-refractivity contribution in [3.63, 3.8) is 0 Å². The normalized spacial score (nSPS) is 28.2. The van der Waals surface area contributed by atoms with Crippen LogP contribution in [-0.2, 0) is 9.59 Å². The van der Waals surface area contributed by atoms with E-state index in [1.54, 1.807) is 9.80 Å². The van der Waals surface area contributed by atoms with Crippen LogP contribution in [0.1, 0.15) is 43.2 Å². The number of aliphatic hydroxyl groups is 1. The van der Waals surface area contributed by atoms with Crippen LogP contribution in [0.5, 0.6) is 0 Å². The zero-order valence-electron chi connectivity index (χ0n) is 15.2. The standard InChI is InChI=1S/C21H26N2O3/c1-2-3-14-6-8-16(9-7-14)21-17-11-22(19(25)10-15-4-5-15)12-20(26)23(17)18(21)13-24/h2-3,6-9,15,17-18,21,24H,4-5,10-13H2,1H3/b3-2+/t17-,18+,21+/m0/s1. The van der Waals surface area contributed by atoms with Crippen LogP contribution in [0.15, 0.2) is 30.3 Å². The van der Waals surface area contributed by atoms with Crippen LogP contribution in [0.3, 0.4) is 0 Å². The Morgan fingerprint density at radius 3 is 2.62 bits per heavy atom. The van der Waals surface area contributed by atoms with Crippen molar-refractivity contribution in [1.29, 1.82) is 0 Å². The molecule has 26 heavy (non-hydrogen) atoms. The van der Waals surface area contributed by atoms with Gasteiger partial charge in [-0.05, 0) is 36.8 Å². The molecule has 5 nitrogen and oxygen atoms in total. The van der Waals surface area contributed by atoms with Crippen LogP contribution >= 0.6 is 0 Å². The molecule has 2 aliphatic heterocycles. The molecule has 0 bridgehead atoms. The van der Waals surface area contributed by atoms with Gasteiger partial charge in [-0.3, -0.25) is 9.59 Å². The molecule has 0 unspecified atom stereocenters. The van der Waals surface area contributed by atoms with E-state index in [0.717, 1.165) is 24.0 Å². The second kappa shape index (κ2) is 6.88. The number of carbonyl (C=O) groups is 2. The predicted octanol–water partition coefficient (Wildman–Crippen LogP) is 2.02. The largest absolute Gasteiger partial charge is 0.394 e. The van der Waals surface area contributed by atoms with Crippen molar-refractivity contribution in [3.05, 3.63) is 41.5 Å². The molecule has 3 atom stereocenters. The summed E-state index contributed by atoms with van der Waals surface area (Å²) in [6.45, 7) is 2.68. The third-order valence-electron chi connectivity index (χ3n) is 5.95. The maximum absolute atomic E-state index is 12.6. The number of carbonyl (C=O) groups excluding carboxylic acids is 2. The summed E-state index contributed by atoms with van der Waals surface area (Å²) < 4.78 is 0. The lowest BCUT2D eigenvalue weighted by Crippen LogP contribution is -2.73. The number of hydrogen-bond acceptors (Lipinski definition) is 3. The molecule has 3 fully saturated rings. The number of benzene rings is 1. The maximum atomic E-state index is 12.6. The smallest absolute Gasteiger partial charge is 0.242 e. The van der Waals surface area contributed by atoms with E-state index in [2.05, 4.69) is 24.3 Å². The number of hydrogen-bond donors (Lipinski definition) is 1. The first-order chi connectivity index (χ1) is 12.6. The van der Waals surface area contributed by atoms with Gasteiger partial charge in [0, 0.05) is 18.9 Å². The van der Waals surface area contributed by atoms with Crippen molar-refractivity contribution in [2.45, 2.75) is 44.2 Å². The highest BCUT2D eigenvalue weighted by Gasteiger charge is 2.54. The molecule has 0 spiro atoms. The van der Waals surface area contributed by atoms with Gasteiger partial charge in [0.2, 0.25) is 11.8 Å². The maximum Gasteiger partial charge on any atom is 0.242 e. The molecule has 2 saturated heterocycles. The summed E-state index contributed by atoms with van der Waals surface area (Å²) in [7, 11) is 0. The highest BCUT2D eigenvalue weighted by Crippen LogP contribution is 2.43. The van der Waals surface area contributed by atoms with Crippen molar-refractivity contribution in [3.8, 4) is 0 Å². The Morgan fingerprint density at radius 1 is 1.27 bits per heavy atom. The third kappa shape index (κ3) is 3.05. The Morgan fingerprint density at radius 2 is 2.00 bits per heavy atom. The van der Waals surface area contributed by atoms with Crippen LogP contribution < -0.4 is 0 Å². The van der Waals surface area contributed by atoms with Gasteiger partial charge in [-0.2, -0.15) is 0 Å². The summed E-state index contributed by atoms with van der Waals surface area (Å²) >= 11 is 0. The van der Waals surface area contributed by atoms with Crippen molar-refractivity contribution >= 4 is 17.9 Å². The molecule has 4 rings (SSSR count). The van der Waals surface area contributed by atoms with Gasteiger partial charge in [-0.15, -0.1) is 0 Å². The molecule has 3 aliphatic rings. The predicted molar refractivity (Wildman–Crippen MR) is 99.3 cm³/mol. The average molecular weight is 354 g/mol. The van der Waals surface area contributed by atoms with Gasteiger partial charge in [0.05, 0.1) is 25.2 Å². The molecule has 1 aromatic carbocycles. The van der Waals surface area contributed by atoms with Gasteiger partial charge in [-0.1, -0.05) is 36.4 Å². The summed E-state index contributed by atoms with van der Waals surface area (Å²) in [5.41, 5.74) is 2.26. The van der Waals surface area contributed by atoms with E-state index in [1.165, 1.54) is 0 Å². The molecule has 1 aliphatic carbocycles. The summed E-state index contributed by atoms with van der Waals surface area (Å²) in [5.74, 6) is 0.679. The molecule has 0 aromatic heterocycles. The van der Waals surface area contributed by atoms with Crippen LogP contribution in [0.25, 0.3) is 6.08 Å². The molecule has 2 heterocycles. The van der Waals surface area contributed by atoms with Crippen LogP contribution in [0.2, 0.25) is 0 Å². The van der Waals surface area contributed by atoms with Crippen molar-refractivity contribution in [2.24, 2.45) is 5.92 Å². The first-order valence-corrected chi connectivity index (χ1v) is 9.54. The number of aliphatic hydroxyl groups excluding tert-OH is 1. The van der Waals surface area contributed by atoms with E-state index in [1.807, 2.05) is 19.1 Å². The van der Waals surface area contributed by atoms with Gasteiger partial charge in [0.15, 0.2) is 0 Å². The molecule has 1 saturated carbocycles. The van der Waals surface area contributed by atoms with E-state index >= 15 is 0 Å². The highest BCUT2D eigenvalue weighted by atomic mass is 16.3. The highest BCUT2D eigenvalue weighted by molar-refractivity contribution is 5.88. The summed E-state index contributed by atoms with van der Waals surface area (Å²) in [5, 5.41) is 9.83. The average Bonchev–Trinajstić information content (AvgIpc) is 3.42. The van der Waals surface area contributed by atoms with Gasteiger partial charge in [0.1, 0.15) is 0 Å². The zero-order chi connectivity index (χ0) is 18.3. The van der Waals surface area contributed by atoms with Gasteiger partial charge < -0.3 is 14.9 Å².